The van der Waals surface area contributed by atoms with Crippen molar-refractivity contribution < 1.29 is 0 Å². The third-order valence-electron chi connectivity index (χ3n) is 10.8. The molecule has 11 rings (SSSR count). The maximum absolute atomic E-state index is 11.0. The van der Waals surface area contributed by atoms with Crippen LogP contribution in [0, 0.1) is 17.9 Å². The number of rotatable bonds is 3. The van der Waals surface area contributed by atoms with Crippen molar-refractivity contribution in [3.8, 4) is 28.6 Å². The first-order valence-electron chi connectivity index (χ1n) is 17.5. The summed E-state index contributed by atoms with van der Waals surface area (Å²) in [5.74, 6) is 0. The summed E-state index contributed by atoms with van der Waals surface area (Å²) in [6.45, 7) is 8.58. The Bertz CT molecular complexity index is 3420. The van der Waals surface area contributed by atoms with Crippen molar-refractivity contribution in [2.24, 2.45) is 0 Å². The van der Waals surface area contributed by atoms with Crippen LogP contribution in [-0.2, 0) is 0 Å². The number of benzene rings is 8. The molecule has 0 bridgehead atoms. The highest BCUT2D eigenvalue weighted by atomic mass is 32.1. The van der Waals surface area contributed by atoms with Crippen LogP contribution in [0.3, 0.4) is 0 Å². The second-order valence-corrected chi connectivity index (χ2v) is 14.5. The molecule has 0 spiro atoms. The molecule has 0 radical (unpaired) electrons. The monoisotopic (exact) mass is 690 g/mol. The van der Waals surface area contributed by atoms with Crippen LogP contribution in [0.1, 0.15) is 5.56 Å². The van der Waals surface area contributed by atoms with Gasteiger partial charge in [-0.1, -0.05) is 115 Å². The minimum atomic E-state index is 0.483. The van der Waals surface area contributed by atoms with Gasteiger partial charge in [-0.3, -0.25) is 0 Å². The summed E-state index contributed by atoms with van der Waals surface area (Å²) < 4.78 is 6.78. The first kappa shape index (κ1) is 29.5. The van der Waals surface area contributed by atoms with Gasteiger partial charge in [-0.2, -0.15) is 5.26 Å². The second kappa shape index (κ2) is 11.2. The molecule has 5 heteroatoms. The molecule has 3 aromatic heterocycles. The van der Waals surface area contributed by atoms with E-state index in [2.05, 4.69) is 154 Å². The molecule has 0 amide bonds. The van der Waals surface area contributed by atoms with Crippen molar-refractivity contribution in [2.45, 2.75) is 0 Å². The van der Waals surface area contributed by atoms with Gasteiger partial charge in [-0.25, -0.2) is 4.85 Å². The number of hydrogen-bond acceptors (Lipinski definition) is 2. The first-order valence-corrected chi connectivity index (χ1v) is 18.3. The largest absolute Gasteiger partial charge is 0.318 e. The lowest BCUT2D eigenvalue weighted by atomic mass is 10.0. The van der Waals surface area contributed by atoms with Crippen molar-refractivity contribution >= 4 is 91.6 Å². The lowest BCUT2D eigenvalue weighted by molar-refractivity contribution is 1.14. The molecule has 0 atom stereocenters. The SMILES string of the molecule is [C-]#[N+]c1cc(-n2c3ccc(-c4ccccc4)cc3c3c4ccccc4ccc32)c(C#N)cc1-n1c2ccccc2c2ccc3c4ccccc4sc3c21. The Morgan fingerprint density at radius 3 is 2.09 bits per heavy atom. The topological polar surface area (TPSA) is 38.0 Å². The molecule has 0 fully saturated rings. The molecular weight excluding hydrogens is 665 g/mol. The highest BCUT2D eigenvalue weighted by molar-refractivity contribution is 7.26. The third kappa shape index (κ3) is 4.14. The Balaban J connectivity index is 1.24. The molecule has 0 saturated carbocycles. The highest BCUT2D eigenvalue weighted by Gasteiger charge is 2.23. The summed E-state index contributed by atoms with van der Waals surface area (Å²) >= 11 is 1.78. The van der Waals surface area contributed by atoms with Gasteiger partial charge in [0, 0.05) is 37.0 Å². The summed E-state index contributed by atoms with van der Waals surface area (Å²) in [6.07, 6.45) is 0. The van der Waals surface area contributed by atoms with Crippen LogP contribution in [0.5, 0.6) is 0 Å². The van der Waals surface area contributed by atoms with E-state index in [1.165, 1.54) is 20.2 Å². The Morgan fingerprint density at radius 2 is 1.25 bits per heavy atom. The summed E-state index contributed by atoms with van der Waals surface area (Å²) in [7, 11) is 0. The van der Waals surface area contributed by atoms with E-state index in [-0.39, 0.29) is 0 Å². The molecule has 3 heterocycles. The molecule has 4 nitrogen and oxygen atoms in total. The van der Waals surface area contributed by atoms with E-state index >= 15 is 0 Å². The average molecular weight is 691 g/mol. The fourth-order valence-corrected chi connectivity index (χ4v) is 9.69. The van der Waals surface area contributed by atoms with Gasteiger partial charge < -0.3 is 9.13 Å². The standard InChI is InChI=1S/C48H26N4S/c1-50-39-27-43(51-41-23-20-31(29-11-3-2-4-12-29)25-38(41)46-33-14-6-5-13-30(33)19-24-42(46)51)32(28-49)26-44(39)52-40-17-9-7-15-34(40)36-21-22-37-35-16-8-10-18-45(35)53-48(37)47(36)52/h2-27H. The summed E-state index contributed by atoms with van der Waals surface area (Å²) in [5.41, 5.74) is 8.69. The zero-order valence-electron chi connectivity index (χ0n) is 28.2. The van der Waals surface area contributed by atoms with Crippen LogP contribution >= 0.6 is 11.3 Å². The fourth-order valence-electron chi connectivity index (χ4n) is 8.45. The number of para-hydroxylation sites is 1. The molecule has 0 aliphatic heterocycles. The van der Waals surface area contributed by atoms with E-state index in [1.807, 2.05) is 24.3 Å². The Morgan fingerprint density at radius 1 is 0.528 bits per heavy atom. The van der Waals surface area contributed by atoms with Crippen LogP contribution in [0.2, 0.25) is 0 Å². The first-order chi connectivity index (χ1) is 26.2. The van der Waals surface area contributed by atoms with Gasteiger partial charge in [-0.15, -0.1) is 11.3 Å². The number of nitriles is 1. The second-order valence-electron chi connectivity index (χ2n) is 13.5. The van der Waals surface area contributed by atoms with Crippen LogP contribution in [0.25, 0.3) is 102 Å². The van der Waals surface area contributed by atoms with Crippen LogP contribution in [-0.4, -0.2) is 9.13 Å². The minimum absolute atomic E-state index is 0.483. The van der Waals surface area contributed by atoms with Crippen molar-refractivity contribution in [3.05, 3.63) is 175 Å². The van der Waals surface area contributed by atoms with E-state index in [4.69, 9.17) is 6.57 Å². The van der Waals surface area contributed by atoms with Crippen molar-refractivity contribution in [3.63, 3.8) is 0 Å². The zero-order chi connectivity index (χ0) is 35.2. The van der Waals surface area contributed by atoms with Gasteiger partial charge in [-0.05, 0) is 64.4 Å². The lowest BCUT2D eigenvalue weighted by Gasteiger charge is -2.16. The van der Waals surface area contributed by atoms with Crippen LogP contribution < -0.4 is 0 Å². The Kier molecular flexibility index (Phi) is 6.22. The fraction of sp³-hybridized carbons (Fsp3) is 0. The molecule has 0 saturated heterocycles. The minimum Gasteiger partial charge on any atom is -0.318 e. The van der Waals surface area contributed by atoms with Crippen LogP contribution in [0.15, 0.2) is 158 Å². The van der Waals surface area contributed by atoms with E-state index in [9.17, 15) is 5.26 Å². The molecule has 0 unspecified atom stereocenters. The average Bonchev–Trinajstić information content (AvgIpc) is 3.88. The summed E-state index contributed by atoms with van der Waals surface area (Å²) in [5, 5.41) is 20.1. The van der Waals surface area contributed by atoms with Gasteiger partial charge in [0.1, 0.15) is 6.07 Å². The number of hydrogen-bond donors (Lipinski definition) is 0. The number of thiophene rings is 1. The van der Waals surface area contributed by atoms with E-state index in [0.717, 1.165) is 65.5 Å². The van der Waals surface area contributed by atoms with Gasteiger partial charge in [0.15, 0.2) is 0 Å². The predicted octanol–water partition coefficient (Wildman–Crippen LogP) is 13.5. The third-order valence-corrected chi connectivity index (χ3v) is 12.0. The van der Waals surface area contributed by atoms with Crippen LogP contribution in [0.4, 0.5) is 5.69 Å². The smallest absolute Gasteiger partial charge is 0.212 e. The van der Waals surface area contributed by atoms with E-state index in [1.54, 1.807) is 11.3 Å². The van der Waals surface area contributed by atoms with Gasteiger partial charge >= 0.3 is 0 Å². The zero-order valence-corrected chi connectivity index (χ0v) is 29.0. The van der Waals surface area contributed by atoms with Crippen molar-refractivity contribution in [2.75, 3.05) is 0 Å². The molecule has 11 aromatic rings. The number of nitrogens with zero attached hydrogens (tertiary/aromatic N) is 4. The predicted molar refractivity (Wildman–Crippen MR) is 222 cm³/mol. The molecule has 8 aromatic carbocycles. The Labute approximate surface area is 308 Å². The lowest BCUT2D eigenvalue weighted by Crippen LogP contribution is -2.01. The molecule has 244 valence electrons. The maximum atomic E-state index is 11.0. The van der Waals surface area contributed by atoms with E-state index in [0.29, 0.717) is 22.6 Å². The quantitative estimate of drug-likeness (QED) is 0.170. The van der Waals surface area contributed by atoms with Gasteiger partial charge in [0.25, 0.3) is 0 Å². The molecule has 0 aliphatic rings. The summed E-state index contributed by atoms with van der Waals surface area (Å²) in [4.78, 5) is 4.18. The highest BCUT2D eigenvalue weighted by Crippen LogP contribution is 2.46. The molecular formula is C48H26N4S. The normalized spacial score (nSPS) is 11.7. The number of fused-ring (bicyclic) bond motifs is 12. The van der Waals surface area contributed by atoms with Crippen molar-refractivity contribution in [1.29, 1.82) is 5.26 Å². The molecule has 0 aliphatic carbocycles. The Hall–Kier alpha value is -7.18. The molecule has 53 heavy (non-hydrogen) atoms. The van der Waals surface area contributed by atoms with Crippen molar-refractivity contribution in [1.82, 2.24) is 9.13 Å². The maximum Gasteiger partial charge on any atom is 0.212 e. The van der Waals surface area contributed by atoms with Gasteiger partial charge in [0.2, 0.25) is 5.69 Å². The van der Waals surface area contributed by atoms with Gasteiger partial charge in [0.05, 0.1) is 50.3 Å². The number of aromatic nitrogens is 2. The summed E-state index contributed by atoms with van der Waals surface area (Å²) in [6, 6.07) is 57.5. The van der Waals surface area contributed by atoms with E-state index < -0.39 is 0 Å². The molecule has 0 N–H and O–H groups in total.